The lowest BCUT2D eigenvalue weighted by atomic mass is 10.0. The van der Waals surface area contributed by atoms with Gasteiger partial charge in [-0.15, -0.1) is 0 Å². The Morgan fingerprint density at radius 3 is 2.38 bits per heavy atom. The molecular weight excluding hydrogens is 315 g/mol. The van der Waals surface area contributed by atoms with Crippen molar-refractivity contribution in [3.8, 4) is 0 Å². The van der Waals surface area contributed by atoms with E-state index in [2.05, 4.69) is 5.32 Å². The Balaban J connectivity index is 2.05. The third-order valence-electron chi connectivity index (χ3n) is 3.84. The zero-order valence-corrected chi connectivity index (χ0v) is 13.7. The van der Waals surface area contributed by atoms with Crippen molar-refractivity contribution in [3.05, 3.63) is 70.8 Å². The lowest BCUT2D eigenvalue weighted by molar-refractivity contribution is -0.137. The second-order valence-electron chi connectivity index (χ2n) is 5.81. The van der Waals surface area contributed by atoms with Crippen molar-refractivity contribution in [2.75, 3.05) is 0 Å². The largest absolute Gasteiger partial charge is 0.416 e. The van der Waals surface area contributed by atoms with Crippen molar-refractivity contribution < 1.29 is 18.0 Å². The maximum atomic E-state index is 12.7. The predicted molar refractivity (Wildman–Crippen MR) is 87.5 cm³/mol. The first kappa shape index (κ1) is 18.0. The van der Waals surface area contributed by atoms with Gasteiger partial charge in [0.15, 0.2) is 0 Å². The molecule has 0 aromatic heterocycles. The zero-order chi connectivity index (χ0) is 17.7. The molecule has 2 aromatic carbocycles. The van der Waals surface area contributed by atoms with Crippen LogP contribution in [0.15, 0.2) is 48.5 Å². The molecule has 5 heteroatoms. The molecular formula is C19H20F3NO. The number of rotatable bonds is 5. The molecule has 24 heavy (non-hydrogen) atoms. The first-order chi connectivity index (χ1) is 11.3. The molecule has 1 atom stereocenters. The summed E-state index contributed by atoms with van der Waals surface area (Å²) in [7, 11) is 0. The molecule has 0 aliphatic carbocycles. The molecule has 0 saturated carbocycles. The Bertz CT molecular complexity index is 693. The highest BCUT2D eigenvalue weighted by molar-refractivity contribution is 5.79. The molecule has 0 heterocycles. The molecule has 0 unspecified atom stereocenters. The summed E-state index contributed by atoms with van der Waals surface area (Å²) in [5.41, 5.74) is 1.73. The number of carbonyl (C=O) groups is 1. The minimum atomic E-state index is -4.40. The first-order valence-corrected chi connectivity index (χ1v) is 7.81. The smallest absolute Gasteiger partial charge is 0.349 e. The van der Waals surface area contributed by atoms with Gasteiger partial charge >= 0.3 is 6.18 Å². The standard InChI is InChI=1S/C19H20F3NO/c1-3-17(15-9-7-13(2)8-10-15)23-18(24)12-14-5-4-6-16(11-14)19(20,21)22/h4-11,17H,3,12H2,1-2H3,(H,23,24)/t17-/m0/s1. The Morgan fingerprint density at radius 1 is 1.12 bits per heavy atom. The van der Waals surface area contributed by atoms with E-state index in [1.807, 2.05) is 38.1 Å². The second-order valence-corrected chi connectivity index (χ2v) is 5.81. The van der Waals surface area contributed by atoms with Crippen LogP contribution in [-0.4, -0.2) is 5.91 Å². The van der Waals surface area contributed by atoms with E-state index in [1.54, 1.807) is 0 Å². The molecule has 0 fully saturated rings. The summed E-state index contributed by atoms with van der Waals surface area (Å²) in [5, 5.41) is 2.89. The molecule has 2 aromatic rings. The average molecular weight is 335 g/mol. The topological polar surface area (TPSA) is 29.1 Å². The minimum Gasteiger partial charge on any atom is -0.349 e. The molecule has 0 radical (unpaired) electrons. The summed E-state index contributed by atoms with van der Waals surface area (Å²) in [6, 6.07) is 12.6. The summed E-state index contributed by atoms with van der Waals surface area (Å²) in [6.45, 7) is 3.94. The van der Waals surface area contributed by atoms with E-state index in [4.69, 9.17) is 0 Å². The molecule has 2 rings (SSSR count). The van der Waals surface area contributed by atoms with E-state index >= 15 is 0 Å². The molecule has 1 amide bonds. The van der Waals surface area contributed by atoms with Crippen LogP contribution in [0.1, 0.15) is 41.6 Å². The quantitative estimate of drug-likeness (QED) is 0.833. The number of halogens is 3. The Labute approximate surface area is 139 Å². The SMILES string of the molecule is CC[C@H](NC(=O)Cc1cccc(C(F)(F)F)c1)c1ccc(C)cc1. The van der Waals surface area contributed by atoms with Crippen molar-refractivity contribution >= 4 is 5.91 Å². The van der Waals surface area contributed by atoms with Crippen LogP contribution >= 0.6 is 0 Å². The van der Waals surface area contributed by atoms with E-state index in [9.17, 15) is 18.0 Å². The van der Waals surface area contributed by atoms with Crippen LogP contribution in [0, 0.1) is 6.92 Å². The van der Waals surface area contributed by atoms with Gasteiger partial charge in [0.05, 0.1) is 18.0 Å². The van der Waals surface area contributed by atoms with E-state index in [1.165, 1.54) is 12.1 Å². The van der Waals surface area contributed by atoms with Gasteiger partial charge < -0.3 is 5.32 Å². The summed E-state index contributed by atoms with van der Waals surface area (Å²) >= 11 is 0. The Morgan fingerprint density at radius 2 is 1.79 bits per heavy atom. The van der Waals surface area contributed by atoms with Gasteiger partial charge in [0.25, 0.3) is 0 Å². The van der Waals surface area contributed by atoms with Crippen molar-refractivity contribution in [3.63, 3.8) is 0 Å². The van der Waals surface area contributed by atoms with Crippen molar-refractivity contribution in [2.45, 2.75) is 38.9 Å². The lowest BCUT2D eigenvalue weighted by Gasteiger charge is -2.18. The highest BCUT2D eigenvalue weighted by Crippen LogP contribution is 2.29. The first-order valence-electron chi connectivity index (χ1n) is 7.81. The molecule has 0 spiro atoms. The number of hydrogen-bond donors (Lipinski definition) is 1. The van der Waals surface area contributed by atoms with Crippen molar-refractivity contribution in [1.82, 2.24) is 5.32 Å². The van der Waals surface area contributed by atoms with Gasteiger partial charge in [-0.05, 0) is 30.5 Å². The number of alkyl halides is 3. The fourth-order valence-corrected chi connectivity index (χ4v) is 2.51. The average Bonchev–Trinajstić information content (AvgIpc) is 2.53. The number of aryl methyl sites for hydroxylation is 1. The van der Waals surface area contributed by atoms with E-state index in [0.29, 0.717) is 12.0 Å². The molecule has 1 N–H and O–H groups in total. The van der Waals surface area contributed by atoms with Gasteiger partial charge in [0, 0.05) is 0 Å². The number of amides is 1. The van der Waals surface area contributed by atoms with Gasteiger partial charge in [0.1, 0.15) is 0 Å². The highest BCUT2D eigenvalue weighted by atomic mass is 19.4. The summed E-state index contributed by atoms with van der Waals surface area (Å²) in [6.07, 6.45) is -3.77. The van der Waals surface area contributed by atoms with Gasteiger partial charge in [-0.25, -0.2) is 0 Å². The lowest BCUT2D eigenvalue weighted by Crippen LogP contribution is -2.29. The maximum Gasteiger partial charge on any atom is 0.416 e. The maximum absolute atomic E-state index is 12.7. The van der Waals surface area contributed by atoms with Crippen molar-refractivity contribution in [1.29, 1.82) is 0 Å². The van der Waals surface area contributed by atoms with Gasteiger partial charge in [0.2, 0.25) is 5.91 Å². The monoisotopic (exact) mass is 335 g/mol. The normalized spacial score (nSPS) is 12.7. The molecule has 128 valence electrons. The van der Waals surface area contributed by atoms with Crippen LogP contribution in [0.4, 0.5) is 13.2 Å². The van der Waals surface area contributed by atoms with Gasteiger partial charge in [-0.2, -0.15) is 13.2 Å². The van der Waals surface area contributed by atoms with E-state index in [0.717, 1.165) is 23.3 Å². The van der Waals surface area contributed by atoms with Gasteiger partial charge in [-0.3, -0.25) is 4.79 Å². The van der Waals surface area contributed by atoms with E-state index in [-0.39, 0.29) is 18.4 Å². The van der Waals surface area contributed by atoms with Crippen LogP contribution in [-0.2, 0) is 17.4 Å². The van der Waals surface area contributed by atoms with Gasteiger partial charge in [-0.1, -0.05) is 55.0 Å². The van der Waals surface area contributed by atoms with Crippen LogP contribution in [0.3, 0.4) is 0 Å². The van der Waals surface area contributed by atoms with Crippen LogP contribution in [0.2, 0.25) is 0 Å². The molecule has 0 aliphatic heterocycles. The third-order valence-corrected chi connectivity index (χ3v) is 3.84. The minimum absolute atomic E-state index is 0.0771. The molecule has 0 bridgehead atoms. The summed E-state index contributed by atoms with van der Waals surface area (Å²) < 4.78 is 38.2. The molecule has 0 aliphatic rings. The predicted octanol–water partition coefficient (Wildman–Crippen LogP) is 4.82. The van der Waals surface area contributed by atoms with Crippen LogP contribution in [0.25, 0.3) is 0 Å². The number of hydrogen-bond acceptors (Lipinski definition) is 1. The third kappa shape index (κ3) is 4.85. The number of carbonyl (C=O) groups excluding carboxylic acids is 1. The summed E-state index contributed by atoms with van der Waals surface area (Å²) in [4.78, 5) is 12.2. The Kier molecular flexibility index (Phi) is 5.65. The molecule has 0 saturated heterocycles. The highest BCUT2D eigenvalue weighted by Gasteiger charge is 2.30. The zero-order valence-electron chi connectivity index (χ0n) is 13.7. The number of nitrogens with one attached hydrogen (secondary N) is 1. The number of benzene rings is 2. The van der Waals surface area contributed by atoms with Crippen molar-refractivity contribution in [2.24, 2.45) is 0 Å². The van der Waals surface area contributed by atoms with Crippen LogP contribution in [0.5, 0.6) is 0 Å². The van der Waals surface area contributed by atoms with Crippen LogP contribution < -0.4 is 5.32 Å². The summed E-state index contributed by atoms with van der Waals surface area (Å²) in [5.74, 6) is -0.290. The fourth-order valence-electron chi connectivity index (χ4n) is 2.51. The molecule has 2 nitrogen and oxygen atoms in total. The fraction of sp³-hybridized carbons (Fsp3) is 0.316. The second kappa shape index (κ2) is 7.51. The van der Waals surface area contributed by atoms with E-state index < -0.39 is 11.7 Å². The Hall–Kier alpha value is -2.30.